The molecule has 0 atom stereocenters. The molecule has 0 radical (unpaired) electrons. The van der Waals surface area contributed by atoms with Crippen LogP contribution in [0.3, 0.4) is 0 Å². The third kappa shape index (κ3) is 4.54. The second-order valence-electron chi connectivity index (χ2n) is 8.27. The molecule has 3 heterocycles. The number of rotatable bonds is 7. The van der Waals surface area contributed by atoms with E-state index in [-0.39, 0.29) is 24.9 Å². The minimum atomic E-state index is -0.332. The summed E-state index contributed by atoms with van der Waals surface area (Å²) in [5.41, 5.74) is 6.71. The van der Waals surface area contributed by atoms with Gasteiger partial charge in [-0.25, -0.2) is 9.50 Å². The van der Waals surface area contributed by atoms with Crippen molar-refractivity contribution >= 4 is 11.6 Å². The molecule has 0 N–H and O–H groups in total. The summed E-state index contributed by atoms with van der Waals surface area (Å²) in [6, 6.07) is 9.97. The first-order chi connectivity index (χ1) is 15.3. The Balaban J connectivity index is 1.34. The summed E-state index contributed by atoms with van der Waals surface area (Å²) in [5.74, 6) is 0.870. The monoisotopic (exact) mass is 433 g/mol. The van der Waals surface area contributed by atoms with Crippen LogP contribution in [-0.2, 0) is 22.6 Å². The lowest BCUT2D eigenvalue weighted by Crippen LogP contribution is -2.10. The fourth-order valence-electron chi connectivity index (χ4n) is 3.69. The predicted octanol–water partition coefficient (Wildman–Crippen LogP) is 4.50. The molecule has 0 aliphatic heterocycles. The van der Waals surface area contributed by atoms with Gasteiger partial charge in [0.05, 0.1) is 5.69 Å². The number of fused-ring (bicyclic) bond motifs is 1. The zero-order valence-electron chi connectivity index (χ0n) is 19.0. The van der Waals surface area contributed by atoms with Crippen LogP contribution >= 0.6 is 0 Å². The van der Waals surface area contributed by atoms with Crippen LogP contribution in [0.15, 0.2) is 34.9 Å². The van der Waals surface area contributed by atoms with Crippen LogP contribution in [0.25, 0.3) is 17.0 Å². The maximum Gasteiger partial charge on any atom is 0.306 e. The minimum Gasteiger partial charge on any atom is -0.456 e. The lowest BCUT2D eigenvalue weighted by molar-refractivity contribution is -0.145. The second-order valence-corrected chi connectivity index (χ2v) is 8.27. The molecule has 0 unspecified atom stereocenters. The molecule has 0 saturated heterocycles. The van der Waals surface area contributed by atoms with Crippen molar-refractivity contribution in [2.45, 2.75) is 60.0 Å². The molecule has 166 valence electrons. The quantitative estimate of drug-likeness (QED) is 0.396. The van der Waals surface area contributed by atoms with Crippen molar-refractivity contribution in [3.8, 4) is 11.4 Å². The minimum absolute atomic E-state index is 0.0521. The van der Waals surface area contributed by atoms with Gasteiger partial charge in [-0.05, 0) is 44.2 Å². The molecular formula is C24H27N5O3. The summed E-state index contributed by atoms with van der Waals surface area (Å²) in [7, 11) is 0. The third-order valence-electron chi connectivity index (χ3n) is 5.53. The first-order valence-corrected chi connectivity index (χ1v) is 10.7. The van der Waals surface area contributed by atoms with E-state index in [0.29, 0.717) is 18.2 Å². The number of hydrogen-bond acceptors (Lipinski definition) is 7. The molecular weight excluding hydrogens is 406 g/mol. The maximum atomic E-state index is 12.3. The maximum absolute atomic E-state index is 12.3. The summed E-state index contributed by atoms with van der Waals surface area (Å²) >= 11 is 0. The molecule has 32 heavy (non-hydrogen) atoms. The van der Waals surface area contributed by atoms with Gasteiger partial charge in [-0.2, -0.15) is 10.1 Å². The molecule has 4 aromatic rings. The Bertz CT molecular complexity index is 1250. The Hall–Kier alpha value is -3.55. The molecule has 4 rings (SSSR count). The number of aromatic nitrogens is 5. The highest BCUT2D eigenvalue weighted by atomic mass is 16.6. The average Bonchev–Trinajstić information content (AvgIpc) is 3.38. The van der Waals surface area contributed by atoms with Gasteiger partial charge in [-0.3, -0.25) is 4.79 Å². The van der Waals surface area contributed by atoms with Gasteiger partial charge in [0.25, 0.3) is 5.89 Å². The van der Waals surface area contributed by atoms with E-state index in [9.17, 15) is 4.79 Å². The number of nitrogens with zero attached hydrogens (tertiary/aromatic N) is 5. The van der Waals surface area contributed by atoms with Crippen molar-refractivity contribution in [3.63, 3.8) is 0 Å². The number of carbonyl (C=O) groups is 1. The van der Waals surface area contributed by atoms with Crippen LogP contribution in [0.1, 0.15) is 60.3 Å². The van der Waals surface area contributed by atoms with E-state index in [1.807, 2.05) is 43.5 Å². The molecule has 0 aliphatic rings. The normalized spacial score (nSPS) is 11.4. The Morgan fingerprint density at radius 1 is 1.12 bits per heavy atom. The van der Waals surface area contributed by atoms with Gasteiger partial charge >= 0.3 is 5.97 Å². The smallest absolute Gasteiger partial charge is 0.306 e. The summed E-state index contributed by atoms with van der Waals surface area (Å²) in [4.78, 5) is 21.2. The molecule has 8 heteroatoms. The molecule has 8 nitrogen and oxygen atoms in total. The van der Waals surface area contributed by atoms with E-state index in [4.69, 9.17) is 9.26 Å². The van der Waals surface area contributed by atoms with Crippen molar-refractivity contribution in [1.82, 2.24) is 24.7 Å². The van der Waals surface area contributed by atoms with Crippen molar-refractivity contribution in [3.05, 3.63) is 64.4 Å². The zero-order chi connectivity index (χ0) is 22.8. The molecule has 0 bridgehead atoms. The molecule has 0 amide bonds. The average molecular weight is 434 g/mol. The van der Waals surface area contributed by atoms with E-state index in [1.54, 1.807) is 0 Å². The number of esters is 1. The van der Waals surface area contributed by atoms with Crippen molar-refractivity contribution < 1.29 is 14.1 Å². The van der Waals surface area contributed by atoms with Crippen molar-refractivity contribution in [2.24, 2.45) is 0 Å². The highest BCUT2D eigenvalue weighted by Crippen LogP contribution is 2.21. The van der Waals surface area contributed by atoms with Gasteiger partial charge in [0, 0.05) is 29.4 Å². The zero-order valence-corrected chi connectivity index (χ0v) is 19.0. The lowest BCUT2D eigenvalue weighted by atomic mass is 10.0. The van der Waals surface area contributed by atoms with Gasteiger partial charge < -0.3 is 9.26 Å². The first kappa shape index (κ1) is 21.7. The summed E-state index contributed by atoms with van der Waals surface area (Å²) in [6.07, 6.45) is 0.752. The summed E-state index contributed by atoms with van der Waals surface area (Å²) in [5, 5.41) is 8.46. The molecule has 0 spiro atoms. The van der Waals surface area contributed by atoms with Crippen LogP contribution in [0, 0.1) is 20.8 Å². The first-order valence-electron chi connectivity index (χ1n) is 10.7. The Morgan fingerprint density at radius 3 is 2.59 bits per heavy atom. The standard InChI is InChI=1S/C24H27N5O3/c1-14(2)18-6-8-19(9-7-18)24-26-22(32-28-24)13-31-23(30)11-10-20-16(4)25-21-12-15(3)27-29(21)17(20)5/h6-9,12,14H,10-11,13H2,1-5H3. The molecule has 3 aromatic heterocycles. The topological polar surface area (TPSA) is 95.4 Å². The number of carbonyl (C=O) groups excluding carboxylic acids is 1. The van der Waals surface area contributed by atoms with E-state index < -0.39 is 0 Å². The number of ether oxygens (including phenoxy) is 1. The summed E-state index contributed by atoms with van der Waals surface area (Å²) in [6.45, 7) is 10.1. The van der Waals surface area contributed by atoms with Gasteiger partial charge in [0.1, 0.15) is 0 Å². The van der Waals surface area contributed by atoms with E-state index in [0.717, 1.165) is 33.9 Å². The van der Waals surface area contributed by atoms with E-state index in [1.165, 1.54) is 5.56 Å². The molecule has 0 aliphatic carbocycles. The second kappa shape index (κ2) is 8.90. The molecule has 0 fully saturated rings. The van der Waals surface area contributed by atoms with Crippen LogP contribution in [0.2, 0.25) is 0 Å². The van der Waals surface area contributed by atoms with Gasteiger partial charge in [0.2, 0.25) is 5.82 Å². The summed E-state index contributed by atoms with van der Waals surface area (Å²) < 4.78 is 12.4. The number of aryl methyl sites for hydroxylation is 3. The Kier molecular flexibility index (Phi) is 6.03. The van der Waals surface area contributed by atoms with Crippen molar-refractivity contribution in [2.75, 3.05) is 0 Å². The van der Waals surface area contributed by atoms with Crippen LogP contribution in [0.4, 0.5) is 0 Å². The van der Waals surface area contributed by atoms with E-state index in [2.05, 4.69) is 46.2 Å². The highest BCUT2D eigenvalue weighted by Gasteiger charge is 2.15. The third-order valence-corrected chi connectivity index (χ3v) is 5.53. The fraction of sp³-hybridized carbons (Fsp3) is 0.375. The Morgan fingerprint density at radius 2 is 1.88 bits per heavy atom. The number of hydrogen-bond donors (Lipinski definition) is 0. The number of benzene rings is 1. The van der Waals surface area contributed by atoms with Crippen LogP contribution in [-0.4, -0.2) is 30.7 Å². The van der Waals surface area contributed by atoms with E-state index >= 15 is 0 Å². The van der Waals surface area contributed by atoms with Crippen LogP contribution < -0.4 is 0 Å². The predicted molar refractivity (Wildman–Crippen MR) is 119 cm³/mol. The van der Waals surface area contributed by atoms with Crippen LogP contribution in [0.5, 0.6) is 0 Å². The van der Waals surface area contributed by atoms with Gasteiger partial charge in [0.15, 0.2) is 12.3 Å². The lowest BCUT2D eigenvalue weighted by Gasteiger charge is -2.10. The van der Waals surface area contributed by atoms with Crippen molar-refractivity contribution in [1.29, 1.82) is 0 Å². The molecule has 0 saturated carbocycles. The van der Waals surface area contributed by atoms with Gasteiger partial charge in [-0.15, -0.1) is 0 Å². The molecule has 1 aromatic carbocycles. The Labute approximate surface area is 186 Å². The fourth-order valence-corrected chi connectivity index (χ4v) is 3.69. The highest BCUT2D eigenvalue weighted by molar-refractivity contribution is 5.69. The SMILES string of the molecule is Cc1cc2nc(C)c(CCC(=O)OCc3nc(-c4ccc(C(C)C)cc4)no3)c(C)n2n1. The van der Waals surface area contributed by atoms with Gasteiger partial charge in [-0.1, -0.05) is 43.3 Å². The largest absolute Gasteiger partial charge is 0.456 e.